The number of aliphatic hydroxyl groups excluding tert-OH is 1. The van der Waals surface area contributed by atoms with Gasteiger partial charge < -0.3 is 14.6 Å². The number of hydrogen-bond acceptors (Lipinski definition) is 6. The number of esters is 2. The van der Waals surface area contributed by atoms with Crippen LogP contribution in [-0.2, 0) is 23.9 Å². The van der Waals surface area contributed by atoms with Gasteiger partial charge in [-0.25, -0.2) is 9.59 Å². The lowest BCUT2D eigenvalue weighted by molar-refractivity contribution is -0.174. The largest absolute Gasteiger partial charge is 0.459 e. The van der Waals surface area contributed by atoms with Crippen LogP contribution in [0.25, 0.3) is 0 Å². The second-order valence-electron chi connectivity index (χ2n) is 10.7. The summed E-state index contributed by atoms with van der Waals surface area (Å²) in [7, 11) is 0. The molecule has 3 saturated carbocycles. The van der Waals surface area contributed by atoms with Gasteiger partial charge in [-0.2, -0.15) is 0 Å². The van der Waals surface area contributed by atoms with E-state index in [0.29, 0.717) is 41.8 Å². The molecule has 32 heavy (non-hydrogen) atoms. The molecule has 6 heteroatoms. The van der Waals surface area contributed by atoms with Crippen LogP contribution in [0.5, 0.6) is 0 Å². The van der Waals surface area contributed by atoms with Crippen molar-refractivity contribution in [3.8, 4) is 0 Å². The fourth-order valence-electron chi connectivity index (χ4n) is 7.49. The third-order valence-corrected chi connectivity index (χ3v) is 9.15. The van der Waals surface area contributed by atoms with Gasteiger partial charge >= 0.3 is 11.9 Å². The van der Waals surface area contributed by atoms with Crippen molar-refractivity contribution in [2.24, 2.45) is 35.0 Å². The van der Waals surface area contributed by atoms with Gasteiger partial charge in [0.05, 0.1) is 0 Å². The number of carbonyl (C=O) groups is 3. The number of carbonyl (C=O) groups excluding carboxylic acids is 3. The Morgan fingerprint density at radius 1 is 1.19 bits per heavy atom. The van der Waals surface area contributed by atoms with Crippen molar-refractivity contribution in [3.63, 3.8) is 0 Å². The summed E-state index contributed by atoms with van der Waals surface area (Å²) in [6.07, 6.45) is 8.85. The highest BCUT2D eigenvalue weighted by Crippen LogP contribution is 2.64. The summed E-state index contributed by atoms with van der Waals surface area (Å²) in [4.78, 5) is 36.2. The molecule has 4 aliphatic carbocycles. The van der Waals surface area contributed by atoms with Crippen LogP contribution < -0.4 is 0 Å². The standard InChI is InChI=1S/C26H38O6/c1-4-15-13-21-20-8-6-16-12-17(27)7-9-18(16)19(20)10-11-26(21,3)24(15)32-23(29)14-31-25(30)22(28)5-2/h12,15,18-22,24,28H,4-11,13-14H2,1-3H3/t15-,18-,19+,20+,21-,22?,24-,26-/m0/s1. The molecule has 0 aliphatic heterocycles. The number of ether oxygens (including phenoxy) is 2. The molecule has 0 heterocycles. The first-order valence-corrected chi connectivity index (χ1v) is 12.6. The van der Waals surface area contributed by atoms with E-state index in [1.165, 1.54) is 5.57 Å². The fraction of sp³-hybridized carbons (Fsp3) is 0.808. The second-order valence-corrected chi connectivity index (χ2v) is 10.7. The molecule has 3 fully saturated rings. The van der Waals surface area contributed by atoms with Gasteiger partial charge in [-0.3, -0.25) is 4.79 Å². The molecule has 0 spiro atoms. The molecule has 0 bridgehead atoms. The van der Waals surface area contributed by atoms with E-state index in [9.17, 15) is 19.5 Å². The Morgan fingerprint density at radius 3 is 2.69 bits per heavy atom. The highest BCUT2D eigenvalue weighted by atomic mass is 16.6. The van der Waals surface area contributed by atoms with Crippen molar-refractivity contribution < 1.29 is 29.0 Å². The Kier molecular flexibility index (Phi) is 6.81. The summed E-state index contributed by atoms with van der Waals surface area (Å²) in [5.74, 6) is 1.66. The lowest BCUT2D eigenvalue weighted by atomic mass is 9.52. The Labute approximate surface area is 191 Å². The van der Waals surface area contributed by atoms with E-state index in [4.69, 9.17) is 9.47 Å². The minimum Gasteiger partial charge on any atom is -0.459 e. The molecule has 0 aromatic rings. The molecular formula is C26H38O6. The molecule has 1 unspecified atom stereocenters. The fourth-order valence-corrected chi connectivity index (χ4v) is 7.49. The lowest BCUT2D eigenvalue weighted by Crippen LogP contribution is -2.49. The molecule has 4 rings (SSSR count). The summed E-state index contributed by atoms with van der Waals surface area (Å²) in [6, 6.07) is 0. The summed E-state index contributed by atoms with van der Waals surface area (Å²) in [5.41, 5.74) is 1.33. The average molecular weight is 447 g/mol. The summed E-state index contributed by atoms with van der Waals surface area (Å²) < 4.78 is 11.0. The van der Waals surface area contributed by atoms with Crippen LogP contribution in [0.2, 0.25) is 0 Å². The van der Waals surface area contributed by atoms with E-state index < -0.39 is 24.6 Å². The zero-order chi connectivity index (χ0) is 23.0. The maximum Gasteiger partial charge on any atom is 0.344 e. The molecule has 0 radical (unpaired) electrons. The Hall–Kier alpha value is -1.69. The molecule has 1 N–H and O–H groups in total. The molecule has 8 atom stereocenters. The van der Waals surface area contributed by atoms with Crippen LogP contribution in [0.1, 0.15) is 78.6 Å². The van der Waals surface area contributed by atoms with Crippen LogP contribution in [0, 0.1) is 35.0 Å². The normalized spacial score (nSPS) is 39.2. The summed E-state index contributed by atoms with van der Waals surface area (Å²) in [5, 5.41) is 9.56. The van der Waals surface area contributed by atoms with Gasteiger partial charge in [-0.15, -0.1) is 0 Å². The monoisotopic (exact) mass is 446 g/mol. The maximum absolute atomic E-state index is 12.6. The van der Waals surface area contributed by atoms with Crippen LogP contribution in [0.4, 0.5) is 0 Å². The van der Waals surface area contributed by atoms with Crippen molar-refractivity contribution in [1.82, 2.24) is 0 Å². The van der Waals surface area contributed by atoms with Crippen LogP contribution in [0.15, 0.2) is 11.6 Å². The Bertz CT molecular complexity index is 787. The van der Waals surface area contributed by atoms with Crippen molar-refractivity contribution in [2.45, 2.75) is 90.8 Å². The Balaban J connectivity index is 1.45. The quantitative estimate of drug-likeness (QED) is 0.621. The zero-order valence-corrected chi connectivity index (χ0v) is 19.7. The molecule has 0 aromatic carbocycles. The number of ketones is 1. The number of hydrogen-bond donors (Lipinski definition) is 1. The van der Waals surface area contributed by atoms with Crippen LogP contribution in [-0.4, -0.2) is 41.6 Å². The van der Waals surface area contributed by atoms with Crippen molar-refractivity contribution in [2.75, 3.05) is 6.61 Å². The topological polar surface area (TPSA) is 89.9 Å². The molecule has 0 saturated heterocycles. The zero-order valence-electron chi connectivity index (χ0n) is 19.7. The summed E-state index contributed by atoms with van der Waals surface area (Å²) >= 11 is 0. The molecule has 0 amide bonds. The third kappa shape index (κ3) is 4.15. The first-order chi connectivity index (χ1) is 15.3. The van der Waals surface area contributed by atoms with Gasteiger partial charge in [0, 0.05) is 11.8 Å². The molecule has 6 nitrogen and oxygen atoms in total. The molecular weight excluding hydrogens is 408 g/mol. The van der Waals surface area contributed by atoms with E-state index in [0.717, 1.165) is 44.9 Å². The van der Waals surface area contributed by atoms with Gasteiger partial charge in [-0.1, -0.05) is 26.3 Å². The highest BCUT2D eigenvalue weighted by Gasteiger charge is 2.60. The number of aliphatic hydroxyl groups is 1. The molecule has 4 aliphatic rings. The smallest absolute Gasteiger partial charge is 0.344 e. The highest BCUT2D eigenvalue weighted by molar-refractivity contribution is 5.91. The molecule has 0 aromatic heterocycles. The lowest BCUT2D eigenvalue weighted by Gasteiger charge is -2.53. The van der Waals surface area contributed by atoms with Crippen LogP contribution in [0.3, 0.4) is 0 Å². The van der Waals surface area contributed by atoms with Gasteiger partial charge in [-0.05, 0) is 87.0 Å². The van der Waals surface area contributed by atoms with Gasteiger partial charge in [0.1, 0.15) is 6.10 Å². The van der Waals surface area contributed by atoms with E-state index in [-0.39, 0.29) is 17.9 Å². The van der Waals surface area contributed by atoms with Gasteiger partial charge in [0.25, 0.3) is 0 Å². The maximum atomic E-state index is 12.6. The van der Waals surface area contributed by atoms with Crippen LogP contribution >= 0.6 is 0 Å². The van der Waals surface area contributed by atoms with Gasteiger partial charge in [0.15, 0.2) is 18.5 Å². The minimum atomic E-state index is -1.20. The predicted molar refractivity (Wildman–Crippen MR) is 118 cm³/mol. The Morgan fingerprint density at radius 2 is 1.97 bits per heavy atom. The number of rotatable bonds is 6. The first kappa shape index (κ1) is 23.5. The average Bonchev–Trinajstić information content (AvgIpc) is 3.08. The SMILES string of the molecule is CCC(O)C(=O)OCC(=O)O[C@H]1[C@@H](CC)C[C@H]2[C@@H]3CCC4=CC(=O)CC[C@@H]4[C@H]3CC[C@@]21C. The predicted octanol–water partition coefficient (Wildman–Crippen LogP) is 3.99. The van der Waals surface area contributed by atoms with Gasteiger partial charge in [0.2, 0.25) is 0 Å². The molecule has 178 valence electrons. The van der Waals surface area contributed by atoms with E-state index in [2.05, 4.69) is 13.8 Å². The number of allylic oxidation sites excluding steroid dienone is 1. The van der Waals surface area contributed by atoms with Crippen molar-refractivity contribution in [1.29, 1.82) is 0 Å². The van der Waals surface area contributed by atoms with E-state index in [1.807, 2.05) is 6.08 Å². The minimum absolute atomic E-state index is 0.0594. The van der Waals surface area contributed by atoms with E-state index in [1.54, 1.807) is 6.92 Å². The van der Waals surface area contributed by atoms with Crippen molar-refractivity contribution >= 4 is 17.7 Å². The van der Waals surface area contributed by atoms with Crippen molar-refractivity contribution in [3.05, 3.63) is 11.6 Å². The van der Waals surface area contributed by atoms with E-state index >= 15 is 0 Å². The second kappa shape index (κ2) is 9.28. The first-order valence-electron chi connectivity index (χ1n) is 12.6. The number of fused-ring (bicyclic) bond motifs is 5. The summed E-state index contributed by atoms with van der Waals surface area (Å²) in [6.45, 7) is 5.70. The third-order valence-electron chi connectivity index (χ3n) is 9.15.